The van der Waals surface area contributed by atoms with Gasteiger partial charge in [0.2, 0.25) is 0 Å². The highest BCUT2D eigenvalue weighted by Crippen LogP contribution is 2.63. The Hall–Kier alpha value is -1.03. The molecule has 0 N–H and O–H groups in total. The third-order valence-corrected chi connectivity index (χ3v) is 9.01. The van der Waals surface area contributed by atoms with E-state index in [1.165, 1.54) is 57.8 Å². The van der Waals surface area contributed by atoms with Crippen molar-refractivity contribution in [2.45, 2.75) is 78.1 Å². The lowest BCUT2D eigenvalue weighted by molar-refractivity contribution is -0.126. The summed E-state index contributed by atoms with van der Waals surface area (Å²) in [7, 11) is 0. The van der Waals surface area contributed by atoms with Crippen molar-refractivity contribution in [1.82, 2.24) is 0 Å². The van der Waals surface area contributed by atoms with Gasteiger partial charge in [-0.25, -0.2) is 0 Å². The third-order valence-electron chi connectivity index (χ3n) is 9.01. The van der Waals surface area contributed by atoms with Gasteiger partial charge in [-0.05, 0) is 100 Å². The molecule has 5 aliphatic rings. The summed E-state index contributed by atoms with van der Waals surface area (Å²) in [5, 5.41) is 0. The van der Waals surface area contributed by atoms with Crippen LogP contribution in [0.15, 0.2) is 11.6 Å². The molecule has 0 amide bonds. The fourth-order valence-electron chi connectivity index (χ4n) is 7.53. The van der Waals surface area contributed by atoms with Crippen LogP contribution in [-0.2, 0) is 4.79 Å². The molecule has 1 heteroatoms. The molecule has 5 aliphatic carbocycles. The molecule has 140 valence electrons. The fourth-order valence-corrected chi connectivity index (χ4v) is 7.53. The molecule has 0 saturated heterocycles. The fraction of sp³-hybridized carbons (Fsp3) is 0.800. The smallest absolute Gasteiger partial charge is 0.133 e. The van der Waals surface area contributed by atoms with Crippen LogP contribution in [0.5, 0.6) is 0 Å². The normalized spacial score (nSPS) is 46.9. The van der Waals surface area contributed by atoms with Crippen molar-refractivity contribution in [3.8, 4) is 11.8 Å². The molecule has 0 radical (unpaired) electrons. The maximum atomic E-state index is 12.2. The Labute approximate surface area is 159 Å². The first kappa shape index (κ1) is 17.1. The summed E-state index contributed by atoms with van der Waals surface area (Å²) in [4.78, 5) is 12.2. The third kappa shape index (κ3) is 2.71. The van der Waals surface area contributed by atoms with Gasteiger partial charge in [-0.3, -0.25) is 4.79 Å². The number of rotatable bonds is 1. The molecule has 0 aliphatic heterocycles. The highest BCUT2D eigenvalue weighted by Gasteiger charge is 2.56. The number of Topliss-reactive ketones (excluding diaryl/α,β-unsaturated/α-hetero) is 1. The second kappa shape index (κ2) is 6.25. The van der Waals surface area contributed by atoms with Gasteiger partial charge >= 0.3 is 0 Å². The summed E-state index contributed by atoms with van der Waals surface area (Å²) >= 11 is 0. The molecule has 0 heterocycles. The molecule has 5 rings (SSSR count). The largest absolute Gasteiger partial charge is 0.300 e. The molecule has 0 bridgehead atoms. The van der Waals surface area contributed by atoms with Crippen LogP contribution in [0.3, 0.4) is 0 Å². The summed E-state index contributed by atoms with van der Waals surface area (Å²) < 4.78 is 0. The number of hydrogen-bond acceptors (Lipinski definition) is 1. The quantitative estimate of drug-likeness (QED) is 0.432. The van der Waals surface area contributed by atoms with Crippen molar-refractivity contribution >= 4 is 5.78 Å². The topological polar surface area (TPSA) is 17.1 Å². The van der Waals surface area contributed by atoms with E-state index in [1.807, 2.05) is 6.92 Å². The number of fused-ring (bicyclic) bond motifs is 5. The van der Waals surface area contributed by atoms with Crippen molar-refractivity contribution in [3.63, 3.8) is 0 Å². The predicted molar refractivity (Wildman–Crippen MR) is 105 cm³/mol. The SMILES string of the molecule is CC(=O)C1CCC2C3CC=C4CC(C#CC5CC5)CCC4C3CCC12C. The summed E-state index contributed by atoms with van der Waals surface area (Å²) in [6.07, 6.45) is 15.7. The van der Waals surface area contributed by atoms with Crippen molar-refractivity contribution in [2.24, 2.45) is 46.8 Å². The van der Waals surface area contributed by atoms with E-state index in [9.17, 15) is 4.79 Å². The number of allylic oxidation sites excluding steroid dienone is 2. The van der Waals surface area contributed by atoms with Gasteiger partial charge in [0, 0.05) is 17.8 Å². The van der Waals surface area contributed by atoms with Crippen LogP contribution in [0.4, 0.5) is 0 Å². The van der Waals surface area contributed by atoms with Crippen LogP contribution in [0.2, 0.25) is 0 Å². The van der Waals surface area contributed by atoms with E-state index in [4.69, 9.17) is 0 Å². The lowest BCUT2D eigenvalue weighted by Crippen LogP contribution is -2.46. The lowest BCUT2D eigenvalue weighted by Gasteiger charge is -2.53. The predicted octanol–water partition coefficient (Wildman–Crippen LogP) is 5.79. The molecule has 4 saturated carbocycles. The maximum Gasteiger partial charge on any atom is 0.133 e. The molecule has 0 aromatic heterocycles. The molecule has 0 aromatic carbocycles. The highest BCUT2D eigenvalue weighted by atomic mass is 16.1. The molecular weight excluding hydrogens is 316 g/mol. The summed E-state index contributed by atoms with van der Waals surface area (Å²) in [5.74, 6) is 12.7. The minimum absolute atomic E-state index is 0.297. The molecule has 7 atom stereocenters. The zero-order valence-electron chi connectivity index (χ0n) is 16.6. The van der Waals surface area contributed by atoms with Crippen molar-refractivity contribution in [3.05, 3.63) is 11.6 Å². The van der Waals surface area contributed by atoms with Crippen LogP contribution in [0.1, 0.15) is 78.1 Å². The molecule has 0 aromatic rings. The lowest BCUT2D eigenvalue weighted by atomic mass is 9.51. The van der Waals surface area contributed by atoms with Crippen molar-refractivity contribution in [1.29, 1.82) is 0 Å². The van der Waals surface area contributed by atoms with E-state index < -0.39 is 0 Å². The van der Waals surface area contributed by atoms with Crippen LogP contribution in [0.25, 0.3) is 0 Å². The zero-order valence-corrected chi connectivity index (χ0v) is 16.6. The maximum absolute atomic E-state index is 12.2. The van der Waals surface area contributed by atoms with Crippen LogP contribution in [0, 0.1) is 58.7 Å². The average molecular weight is 351 g/mol. The molecule has 4 fully saturated rings. The van der Waals surface area contributed by atoms with Crippen molar-refractivity contribution < 1.29 is 4.79 Å². The van der Waals surface area contributed by atoms with E-state index >= 15 is 0 Å². The van der Waals surface area contributed by atoms with Gasteiger partial charge in [-0.2, -0.15) is 0 Å². The van der Waals surface area contributed by atoms with Crippen molar-refractivity contribution in [2.75, 3.05) is 0 Å². The molecule has 1 nitrogen and oxygen atoms in total. The highest BCUT2D eigenvalue weighted by molar-refractivity contribution is 5.79. The standard InChI is InChI=1S/C25H34O/c1-16(26)23-11-12-24-22-10-8-19-15-18(6-5-17-3-4-17)7-9-20(19)21(22)13-14-25(23,24)2/h8,17-18,20-24H,3-4,7,9-15H2,1-2H3. The second-order valence-electron chi connectivity index (χ2n) is 10.4. The molecule has 0 spiro atoms. The van der Waals surface area contributed by atoms with Crippen LogP contribution < -0.4 is 0 Å². The summed E-state index contributed by atoms with van der Waals surface area (Å²) in [5.41, 5.74) is 2.06. The van der Waals surface area contributed by atoms with Crippen LogP contribution >= 0.6 is 0 Å². The Bertz CT molecular complexity index is 687. The molecule has 26 heavy (non-hydrogen) atoms. The Morgan fingerprint density at radius 3 is 2.54 bits per heavy atom. The minimum atomic E-state index is 0.297. The van der Waals surface area contributed by atoms with Gasteiger partial charge < -0.3 is 0 Å². The first-order chi connectivity index (χ1) is 12.6. The average Bonchev–Trinajstić information content (AvgIpc) is 3.38. The molecular formula is C25H34O. The van der Waals surface area contributed by atoms with Gasteiger partial charge in [0.1, 0.15) is 5.78 Å². The Balaban J connectivity index is 1.34. The first-order valence-corrected chi connectivity index (χ1v) is 11.3. The van der Waals surface area contributed by atoms with Crippen LogP contribution in [-0.4, -0.2) is 5.78 Å². The number of carbonyl (C=O) groups is 1. The zero-order chi connectivity index (χ0) is 17.9. The van der Waals surface area contributed by atoms with Gasteiger partial charge in [-0.15, -0.1) is 0 Å². The number of hydrogen-bond donors (Lipinski definition) is 0. The summed E-state index contributed by atoms with van der Waals surface area (Å²) in [6.45, 7) is 4.30. The van der Waals surface area contributed by atoms with E-state index in [-0.39, 0.29) is 0 Å². The monoisotopic (exact) mass is 350 g/mol. The number of carbonyl (C=O) groups excluding carboxylic acids is 1. The first-order valence-electron chi connectivity index (χ1n) is 11.3. The number of ketones is 1. The van der Waals surface area contributed by atoms with E-state index in [0.29, 0.717) is 23.0 Å². The summed E-state index contributed by atoms with van der Waals surface area (Å²) in [6, 6.07) is 0. The van der Waals surface area contributed by atoms with E-state index in [2.05, 4.69) is 24.8 Å². The second-order valence-corrected chi connectivity index (χ2v) is 10.4. The Kier molecular flexibility index (Phi) is 4.11. The van der Waals surface area contributed by atoms with Gasteiger partial charge in [0.25, 0.3) is 0 Å². The van der Waals surface area contributed by atoms with E-state index in [0.717, 1.165) is 36.0 Å². The Morgan fingerprint density at radius 2 is 1.77 bits per heavy atom. The molecule has 7 unspecified atom stereocenters. The van der Waals surface area contributed by atoms with Gasteiger partial charge in [-0.1, -0.05) is 30.4 Å². The van der Waals surface area contributed by atoms with Gasteiger partial charge in [0.15, 0.2) is 0 Å². The Morgan fingerprint density at radius 1 is 1.00 bits per heavy atom. The van der Waals surface area contributed by atoms with E-state index in [1.54, 1.807) is 5.57 Å². The van der Waals surface area contributed by atoms with Gasteiger partial charge in [0.05, 0.1) is 0 Å². The minimum Gasteiger partial charge on any atom is -0.300 e.